The summed E-state index contributed by atoms with van der Waals surface area (Å²) in [4.78, 5) is 16.2. The van der Waals surface area contributed by atoms with Gasteiger partial charge in [-0.15, -0.1) is 0 Å². The van der Waals surface area contributed by atoms with E-state index in [0.29, 0.717) is 17.8 Å². The first-order valence-corrected chi connectivity index (χ1v) is 7.10. The molecule has 3 N–H and O–H groups in total. The van der Waals surface area contributed by atoms with E-state index in [1.807, 2.05) is 19.1 Å². The van der Waals surface area contributed by atoms with Crippen LogP contribution in [0.25, 0.3) is 0 Å². The predicted molar refractivity (Wildman–Crippen MR) is 83.6 cm³/mol. The molecule has 1 heterocycles. The van der Waals surface area contributed by atoms with Gasteiger partial charge in [0.2, 0.25) is 0 Å². The highest BCUT2D eigenvalue weighted by atomic mass is 79.9. The van der Waals surface area contributed by atoms with Crippen LogP contribution in [0.1, 0.15) is 21.5 Å². The summed E-state index contributed by atoms with van der Waals surface area (Å²) in [6.07, 6.45) is 4.28. The molecule has 2 aromatic rings. The van der Waals surface area contributed by atoms with Crippen molar-refractivity contribution in [3.63, 3.8) is 0 Å². The summed E-state index contributed by atoms with van der Waals surface area (Å²) in [5.74, 6) is -0.112. The van der Waals surface area contributed by atoms with Gasteiger partial charge < -0.3 is 11.1 Å². The first-order valence-electron chi connectivity index (χ1n) is 6.30. The highest BCUT2D eigenvalue weighted by Gasteiger charge is 2.11. The Labute approximate surface area is 126 Å². The molecule has 5 heteroatoms. The van der Waals surface area contributed by atoms with Crippen LogP contribution in [0.15, 0.2) is 41.1 Å². The Morgan fingerprint density at radius 1 is 1.45 bits per heavy atom. The maximum Gasteiger partial charge on any atom is 0.251 e. The normalized spacial score (nSPS) is 10.3. The van der Waals surface area contributed by atoms with Crippen molar-refractivity contribution in [3.8, 4) is 0 Å². The average molecular weight is 334 g/mol. The highest BCUT2D eigenvalue weighted by Crippen LogP contribution is 2.22. The summed E-state index contributed by atoms with van der Waals surface area (Å²) in [5.41, 5.74) is 8.96. The van der Waals surface area contributed by atoms with Crippen LogP contribution < -0.4 is 11.1 Å². The molecule has 1 amide bonds. The van der Waals surface area contributed by atoms with Crippen molar-refractivity contribution < 1.29 is 4.79 Å². The molecule has 0 aliphatic rings. The van der Waals surface area contributed by atoms with Crippen molar-refractivity contribution in [2.24, 2.45) is 0 Å². The Hall–Kier alpha value is -1.88. The molecule has 0 radical (unpaired) electrons. The number of rotatable bonds is 4. The lowest BCUT2D eigenvalue weighted by atomic mass is 10.1. The molecular formula is C15H16BrN3O. The largest absolute Gasteiger partial charge is 0.398 e. The van der Waals surface area contributed by atoms with Crippen molar-refractivity contribution >= 4 is 27.5 Å². The van der Waals surface area contributed by atoms with Crippen molar-refractivity contribution in [3.05, 3.63) is 57.8 Å². The van der Waals surface area contributed by atoms with Crippen molar-refractivity contribution in [1.29, 1.82) is 0 Å². The zero-order valence-corrected chi connectivity index (χ0v) is 12.8. The summed E-state index contributed by atoms with van der Waals surface area (Å²) in [5, 5.41) is 2.90. The minimum absolute atomic E-state index is 0.112. The summed E-state index contributed by atoms with van der Waals surface area (Å²) in [6.45, 7) is 2.41. The van der Waals surface area contributed by atoms with E-state index in [-0.39, 0.29) is 5.91 Å². The number of benzene rings is 1. The fourth-order valence-corrected chi connectivity index (χ4v) is 2.37. The number of hydrogen-bond acceptors (Lipinski definition) is 3. The predicted octanol–water partition coefficient (Wildman–Crippen LogP) is 2.71. The number of carbonyl (C=O) groups is 1. The Morgan fingerprint density at radius 2 is 2.25 bits per heavy atom. The quantitative estimate of drug-likeness (QED) is 0.845. The van der Waals surface area contributed by atoms with E-state index in [0.717, 1.165) is 22.0 Å². The Bertz CT molecular complexity index is 614. The van der Waals surface area contributed by atoms with Gasteiger partial charge in [0.15, 0.2) is 0 Å². The number of halogens is 1. The van der Waals surface area contributed by atoms with E-state index < -0.39 is 0 Å². The van der Waals surface area contributed by atoms with Crippen molar-refractivity contribution in [2.75, 3.05) is 12.3 Å². The average Bonchev–Trinajstić information content (AvgIpc) is 2.44. The molecule has 0 saturated carbocycles. The van der Waals surface area contributed by atoms with E-state index in [4.69, 9.17) is 5.73 Å². The lowest BCUT2D eigenvalue weighted by molar-refractivity contribution is 0.0953. The van der Waals surface area contributed by atoms with Gasteiger partial charge in [0.1, 0.15) is 0 Å². The number of aromatic nitrogens is 1. The maximum absolute atomic E-state index is 12.2. The molecule has 104 valence electrons. The molecule has 1 aromatic heterocycles. The van der Waals surface area contributed by atoms with E-state index in [9.17, 15) is 4.79 Å². The third kappa shape index (κ3) is 3.57. The third-order valence-electron chi connectivity index (χ3n) is 3.08. The van der Waals surface area contributed by atoms with Gasteiger partial charge in [-0.3, -0.25) is 9.78 Å². The molecule has 20 heavy (non-hydrogen) atoms. The molecule has 2 rings (SSSR count). The van der Waals surface area contributed by atoms with Crippen LogP contribution in [0.4, 0.5) is 5.69 Å². The number of hydrogen-bond donors (Lipinski definition) is 2. The smallest absolute Gasteiger partial charge is 0.251 e. The number of nitrogen functional groups attached to an aromatic ring is 1. The SMILES string of the molecule is Cc1c(N)cc(Br)cc1C(=O)NCCc1cccnc1. The van der Waals surface area contributed by atoms with Crippen LogP contribution in [0.2, 0.25) is 0 Å². The van der Waals surface area contributed by atoms with Gasteiger partial charge in [-0.2, -0.15) is 0 Å². The maximum atomic E-state index is 12.2. The van der Waals surface area contributed by atoms with Crippen molar-refractivity contribution in [2.45, 2.75) is 13.3 Å². The van der Waals surface area contributed by atoms with Gasteiger partial charge in [-0.05, 0) is 42.7 Å². The van der Waals surface area contributed by atoms with E-state index >= 15 is 0 Å². The fraction of sp³-hybridized carbons (Fsp3) is 0.200. The van der Waals surface area contributed by atoms with Gasteiger partial charge in [0.05, 0.1) is 0 Å². The summed E-state index contributed by atoms with van der Waals surface area (Å²) in [7, 11) is 0. The van der Waals surface area contributed by atoms with E-state index in [2.05, 4.69) is 26.2 Å². The van der Waals surface area contributed by atoms with E-state index in [1.165, 1.54) is 0 Å². The number of amides is 1. The van der Waals surface area contributed by atoms with Crippen LogP contribution >= 0.6 is 15.9 Å². The van der Waals surface area contributed by atoms with E-state index in [1.54, 1.807) is 24.5 Å². The molecule has 4 nitrogen and oxygen atoms in total. The molecule has 0 aliphatic heterocycles. The summed E-state index contributed by atoms with van der Waals surface area (Å²) in [6, 6.07) is 7.45. The van der Waals surface area contributed by atoms with Crippen molar-refractivity contribution in [1.82, 2.24) is 10.3 Å². The minimum Gasteiger partial charge on any atom is -0.398 e. The number of nitrogens with one attached hydrogen (secondary N) is 1. The summed E-state index contributed by atoms with van der Waals surface area (Å²) >= 11 is 3.35. The van der Waals surface area contributed by atoms with Gasteiger partial charge in [-0.25, -0.2) is 0 Å². The highest BCUT2D eigenvalue weighted by molar-refractivity contribution is 9.10. The van der Waals surface area contributed by atoms with Crippen LogP contribution in [0.3, 0.4) is 0 Å². The number of nitrogens with zero attached hydrogens (tertiary/aromatic N) is 1. The monoisotopic (exact) mass is 333 g/mol. The molecule has 0 atom stereocenters. The first-order chi connectivity index (χ1) is 9.58. The molecule has 0 aliphatic carbocycles. The topological polar surface area (TPSA) is 68.0 Å². The number of carbonyl (C=O) groups excluding carboxylic acids is 1. The molecule has 0 unspecified atom stereocenters. The zero-order valence-electron chi connectivity index (χ0n) is 11.2. The molecule has 1 aromatic carbocycles. The van der Waals surface area contributed by atoms with Gasteiger partial charge in [0, 0.05) is 34.7 Å². The first kappa shape index (κ1) is 14.5. The van der Waals surface area contributed by atoms with Crippen LogP contribution in [-0.2, 0) is 6.42 Å². The molecule has 0 fully saturated rings. The number of nitrogens with two attached hydrogens (primary N) is 1. The summed E-state index contributed by atoms with van der Waals surface area (Å²) < 4.78 is 0.804. The van der Waals surface area contributed by atoms with Gasteiger partial charge >= 0.3 is 0 Å². The number of anilines is 1. The van der Waals surface area contributed by atoms with Gasteiger partial charge in [-0.1, -0.05) is 22.0 Å². The molecular weight excluding hydrogens is 318 g/mol. The Balaban J connectivity index is 1.99. The second kappa shape index (κ2) is 6.52. The molecule has 0 spiro atoms. The second-order valence-electron chi connectivity index (χ2n) is 4.53. The zero-order chi connectivity index (χ0) is 14.5. The van der Waals surface area contributed by atoms with Crippen LogP contribution in [0.5, 0.6) is 0 Å². The number of pyridine rings is 1. The third-order valence-corrected chi connectivity index (χ3v) is 3.54. The minimum atomic E-state index is -0.112. The Kier molecular flexibility index (Phi) is 4.74. The van der Waals surface area contributed by atoms with Gasteiger partial charge in [0.25, 0.3) is 5.91 Å². The lowest BCUT2D eigenvalue weighted by Crippen LogP contribution is -2.26. The molecule has 0 saturated heterocycles. The molecule has 0 bridgehead atoms. The second-order valence-corrected chi connectivity index (χ2v) is 5.45. The lowest BCUT2D eigenvalue weighted by Gasteiger charge is -2.10. The van der Waals surface area contributed by atoms with Crippen LogP contribution in [-0.4, -0.2) is 17.4 Å². The fourth-order valence-electron chi connectivity index (χ4n) is 1.90. The Morgan fingerprint density at radius 3 is 2.95 bits per heavy atom. The van der Waals surface area contributed by atoms with Crippen LogP contribution in [0, 0.1) is 6.92 Å². The standard InChI is InChI=1S/C15H16BrN3O/c1-10-13(7-12(16)8-14(10)17)15(20)19-6-4-11-3-2-5-18-9-11/h2-3,5,7-9H,4,6,17H2,1H3,(H,19,20).